The summed E-state index contributed by atoms with van der Waals surface area (Å²) in [6.07, 6.45) is -2.74. The Labute approximate surface area is 120 Å². The number of aliphatic hydroxyl groups excluding tert-OH is 1. The summed E-state index contributed by atoms with van der Waals surface area (Å²) >= 11 is 0. The summed E-state index contributed by atoms with van der Waals surface area (Å²) in [5, 5.41) is 9.72. The summed E-state index contributed by atoms with van der Waals surface area (Å²) < 4.78 is 43.1. The standard InChI is InChI=1S/C14H17F3N2O2/c15-14(16,17)10-1-2-12(18-5-10)19-6-11-7-21-4-3-13(11,8-19)9-20/h1-2,5,11,20H,3-4,6-9H2/t11-,13-/m1/s1. The maximum absolute atomic E-state index is 12.6. The van der Waals surface area contributed by atoms with E-state index in [1.807, 2.05) is 4.90 Å². The first kappa shape index (κ1) is 14.6. The number of hydrogen-bond donors (Lipinski definition) is 1. The Morgan fingerprint density at radius 1 is 1.43 bits per heavy atom. The Hall–Kier alpha value is -1.34. The Kier molecular flexibility index (Phi) is 3.57. The number of anilines is 1. The molecule has 0 radical (unpaired) electrons. The van der Waals surface area contributed by atoms with Crippen molar-refractivity contribution in [2.24, 2.45) is 11.3 Å². The molecular weight excluding hydrogens is 285 g/mol. The molecule has 2 fully saturated rings. The van der Waals surface area contributed by atoms with Gasteiger partial charge in [0.25, 0.3) is 0 Å². The summed E-state index contributed by atoms with van der Waals surface area (Å²) in [6, 6.07) is 2.44. The van der Waals surface area contributed by atoms with Crippen LogP contribution in [0.2, 0.25) is 0 Å². The number of aliphatic hydroxyl groups is 1. The lowest BCUT2D eigenvalue weighted by atomic mass is 9.75. The average Bonchev–Trinajstić information content (AvgIpc) is 2.86. The number of halogens is 3. The van der Waals surface area contributed by atoms with E-state index in [4.69, 9.17) is 4.74 Å². The lowest BCUT2D eigenvalue weighted by molar-refractivity contribution is -0.137. The van der Waals surface area contributed by atoms with E-state index in [0.29, 0.717) is 32.1 Å². The van der Waals surface area contributed by atoms with E-state index >= 15 is 0 Å². The van der Waals surface area contributed by atoms with Crippen molar-refractivity contribution in [3.8, 4) is 0 Å². The third-order valence-corrected chi connectivity index (χ3v) is 4.59. The van der Waals surface area contributed by atoms with Gasteiger partial charge in [-0.15, -0.1) is 0 Å². The van der Waals surface area contributed by atoms with Crippen LogP contribution in [0.3, 0.4) is 0 Å². The van der Waals surface area contributed by atoms with Gasteiger partial charge in [-0.2, -0.15) is 13.2 Å². The highest BCUT2D eigenvalue weighted by Crippen LogP contribution is 2.43. The number of pyridine rings is 1. The lowest BCUT2D eigenvalue weighted by Gasteiger charge is -2.36. The fraction of sp³-hybridized carbons (Fsp3) is 0.643. The molecule has 2 saturated heterocycles. The third-order valence-electron chi connectivity index (χ3n) is 4.59. The van der Waals surface area contributed by atoms with E-state index < -0.39 is 11.7 Å². The molecule has 0 aliphatic carbocycles. The van der Waals surface area contributed by atoms with Crippen LogP contribution in [0.4, 0.5) is 19.0 Å². The topological polar surface area (TPSA) is 45.6 Å². The van der Waals surface area contributed by atoms with Gasteiger partial charge in [-0.05, 0) is 18.6 Å². The molecule has 0 saturated carbocycles. The molecule has 0 aromatic carbocycles. The largest absolute Gasteiger partial charge is 0.417 e. The number of aromatic nitrogens is 1. The lowest BCUT2D eigenvalue weighted by Crippen LogP contribution is -2.41. The van der Waals surface area contributed by atoms with Crippen LogP contribution in [-0.2, 0) is 10.9 Å². The van der Waals surface area contributed by atoms with Crippen LogP contribution in [0.5, 0.6) is 0 Å². The molecule has 116 valence electrons. The summed E-state index contributed by atoms with van der Waals surface area (Å²) in [5.41, 5.74) is -0.967. The van der Waals surface area contributed by atoms with E-state index in [2.05, 4.69) is 4.98 Å². The van der Waals surface area contributed by atoms with Crippen LogP contribution in [0.15, 0.2) is 18.3 Å². The van der Waals surface area contributed by atoms with Gasteiger partial charge in [0.05, 0.1) is 18.8 Å². The number of fused-ring (bicyclic) bond motifs is 1. The summed E-state index contributed by atoms with van der Waals surface area (Å²) in [5.74, 6) is 0.713. The number of alkyl halides is 3. The van der Waals surface area contributed by atoms with Crippen molar-refractivity contribution in [1.29, 1.82) is 0 Å². The molecule has 1 N–H and O–H groups in total. The normalized spacial score (nSPS) is 29.5. The molecule has 21 heavy (non-hydrogen) atoms. The second-order valence-corrected chi connectivity index (χ2v) is 5.83. The van der Waals surface area contributed by atoms with Crippen LogP contribution >= 0.6 is 0 Å². The number of rotatable bonds is 2. The molecule has 0 spiro atoms. The molecular formula is C14H17F3N2O2. The maximum atomic E-state index is 12.6. The second-order valence-electron chi connectivity index (χ2n) is 5.83. The first-order valence-corrected chi connectivity index (χ1v) is 6.91. The van der Waals surface area contributed by atoms with Gasteiger partial charge in [-0.25, -0.2) is 4.98 Å². The van der Waals surface area contributed by atoms with Crippen molar-refractivity contribution in [3.05, 3.63) is 23.9 Å². The van der Waals surface area contributed by atoms with Crippen molar-refractivity contribution in [3.63, 3.8) is 0 Å². The SMILES string of the molecule is OC[C@]12CCOC[C@H]1CN(c1ccc(C(F)(F)F)cn1)C2. The summed E-state index contributed by atoms with van der Waals surface area (Å²) in [6.45, 7) is 2.52. The zero-order chi connectivity index (χ0) is 15.1. The molecule has 0 unspecified atom stereocenters. The van der Waals surface area contributed by atoms with Gasteiger partial charge in [0.2, 0.25) is 0 Å². The predicted molar refractivity (Wildman–Crippen MR) is 69.9 cm³/mol. The van der Waals surface area contributed by atoms with Crippen molar-refractivity contribution in [1.82, 2.24) is 4.98 Å². The minimum absolute atomic E-state index is 0.0676. The first-order valence-electron chi connectivity index (χ1n) is 6.91. The number of ether oxygens (including phenoxy) is 1. The van der Waals surface area contributed by atoms with E-state index in [9.17, 15) is 18.3 Å². The molecule has 1 aromatic heterocycles. The van der Waals surface area contributed by atoms with Gasteiger partial charge in [0, 0.05) is 37.2 Å². The minimum atomic E-state index is -4.37. The van der Waals surface area contributed by atoms with E-state index in [1.54, 1.807) is 0 Å². The van der Waals surface area contributed by atoms with Gasteiger partial charge < -0.3 is 14.7 Å². The Balaban J connectivity index is 1.79. The highest BCUT2D eigenvalue weighted by molar-refractivity contribution is 5.42. The Bertz CT molecular complexity index is 506. The van der Waals surface area contributed by atoms with Gasteiger partial charge in [-0.1, -0.05) is 0 Å². The van der Waals surface area contributed by atoms with Gasteiger partial charge in [-0.3, -0.25) is 0 Å². The first-order chi connectivity index (χ1) is 9.94. The van der Waals surface area contributed by atoms with E-state index in [1.165, 1.54) is 6.07 Å². The van der Waals surface area contributed by atoms with Crippen molar-refractivity contribution >= 4 is 5.82 Å². The minimum Gasteiger partial charge on any atom is -0.396 e. The van der Waals surface area contributed by atoms with E-state index in [0.717, 1.165) is 18.7 Å². The molecule has 0 amide bonds. The molecule has 3 heterocycles. The van der Waals surface area contributed by atoms with Gasteiger partial charge >= 0.3 is 6.18 Å². The Morgan fingerprint density at radius 2 is 2.24 bits per heavy atom. The smallest absolute Gasteiger partial charge is 0.396 e. The molecule has 1 aromatic rings. The van der Waals surface area contributed by atoms with Crippen LogP contribution in [0, 0.1) is 11.3 Å². The Morgan fingerprint density at radius 3 is 2.81 bits per heavy atom. The van der Waals surface area contributed by atoms with Gasteiger partial charge in [0.1, 0.15) is 5.82 Å². The van der Waals surface area contributed by atoms with Crippen molar-refractivity contribution < 1.29 is 23.0 Å². The molecule has 2 aliphatic rings. The second kappa shape index (κ2) is 5.14. The van der Waals surface area contributed by atoms with Crippen LogP contribution in [0.1, 0.15) is 12.0 Å². The average molecular weight is 302 g/mol. The number of hydrogen-bond acceptors (Lipinski definition) is 4. The zero-order valence-corrected chi connectivity index (χ0v) is 11.4. The summed E-state index contributed by atoms with van der Waals surface area (Å²) in [7, 11) is 0. The molecule has 3 rings (SSSR count). The predicted octanol–water partition coefficient (Wildman–Crippen LogP) is 1.94. The van der Waals surface area contributed by atoms with Crippen LogP contribution in [-0.4, -0.2) is 43.0 Å². The molecule has 2 aliphatic heterocycles. The highest BCUT2D eigenvalue weighted by Gasteiger charge is 2.48. The maximum Gasteiger partial charge on any atom is 0.417 e. The number of nitrogens with zero attached hydrogens (tertiary/aromatic N) is 2. The van der Waals surface area contributed by atoms with Crippen molar-refractivity contribution in [2.45, 2.75) is 12.6 Å². The fourth-order valence-corrected chi connectivity index (χ4v) is 3.22. The fourth-order valence-electron chi connectivity index (χ4n) is 3.22. The highest BCUT2D eigenvalue weighted by atomic mass is 19.4. The zero-order valence-electron chi connectivity index (χ0n) is 11.4. The molecule has 7 heteroatoms. The monoisotopic (exact) mass is 302 g/mol. The summed E-state index contributed by atoms with van der Waals surface area (Å²) in [4.78, 5) is 5.87. The van der Waals surface area contributed by atoms with E-state index in [-0.39, 0.29) is 17.9 Å². The quantitative estimate of drug-likeness (QED) is 0.907. The van der Waals surface area contributed by atoms with Crippen LogP contribution in [0.25, 0.3) is 0 Å². The molecule has 0 bridgehead atoms. The molecule has 4 nitrogen and oxygen atoms in total. The van der Waals surface area contributed by atoms with Gasteiger partial charge in [0.15, 0.2) is 0 Å². The third kappa shape index (κ3) is 2.60. The van der Waals surface area contributed by atoms with Crippen molar-refractivity contribution in [2.75, 3.05) is 37.8 Å². The molecule has 2 atom stereocenters. The van der Waals surface area contributed by atoms with Crippen LogP contribution < -0.4 is 4.90 Å².